The molecule has 0 aliphatic rings. The second kappa shape index (κ2) is 6.07. The average Bonchev–Trinajstić information content (AvgIpc) is 2.18. The van der Waals surface area contributed by atoms with Gasteiger partial charge in [0.25, 0.3) is 0 Å². The molecule has 82 valence electrons. The number of hydrogen-bond donors (Lipinski definition) is 1. The highest BCUT2D eigenvalue weighted by molar-refractivity contribution is 14.1. The lowest BCUT2D eigenvalue weighted by atomic mass is 10.1. The van der Waals surface area contributed by atoms with Crippen LogP contribution < -0.4 is 0 Å². The largest absolute Gasteiger partial charge is 0.466 e. The van der Waals surface area contributed by atoms with E-state index in [1.807, 2.05) is 24.3 Å². The highest BCUT2D eigenvalue weighted by Gasteiger charge is 2.13. The first kappa shape index (κ1) is 12.4. The molecule has 0 spiro atoms. The first-order chi connectivity index (χ1) is 7.13. The van der Waals surface area contributed by atoms with Crippen molar-refractivity contribution in [2.45, 2.75) is 19.4 Å². The summed E-state index contributed by atoms with van der Waals surface area (Å²) < 4.78 is 5.85. The van der Waals surface area contributed by atoms with Gasteiger partial charge in [-0.25, -0.2) is 0 Å². The first-order valence-electron chi connectivity index (χ1n) is 4.72. The van der Waals surface area contributed by atoms with Gasteiger partial charge in [0.1, 0.15) is 0 Å². The van der Waals surface area contributed by atoms with Gasteiger partial charge in [-0.2, -0.15) is 0 Å². The highest BCUT2D eigenvalue weighted by Crippen LogP contribution is 2.18. The molecule has 1 aromatic carbocycles. The summed E-state index contributed by atoms with van der Waals surface area (Å²) in [5.74, 6) is -0.372. The Morgan fingerprint density at radius 1 is 1.47 bits per heavy atom. The smallest absolute Gasteiger partial charge is 0.308 e. The molecule has 1 aromatic rings. The molecule has 15 heavy (non-hydrogen) atoms. The molecule has 1 atom stereocenters. The van der Waals surface area contributed by atoms with Crippen LogP contribution in [0.1, 0.15) is 25.0 Å². The Bertz CT molecular complexity index is 321. The SMILES string of the molecule is CCOC(=O)C[C@@H](O)c1ccc(I)cc1. The first-order valence-corrected chi connectivity index (χ1v) is 5.80. The van der Waals surface area contributed by atoms with E-state index in [0.717, 1.165) is 9.13 Å². The van der Waals surface area contributed by atoms with Gasteiger partial charge >= 0.3 is 5.97 Å². The average molecular weight is 320 g/mol. The fourth-order valence-corrected chi connectivity index (χ4v) is 1.54. The van der Waals surface area contributed by atoms with Gasteiger partial charge in [0.05, 0.1) is 19.1 Å². The van der Waals surface area contributed by atoms with E-state index in [9.17, 15) is 9.90 Å². The predicted octanol–water partition coefficient (Wildman–Crippen LogP) is 2.28. The maximum absolute atomic E-state index is 11.1. The summed E-state index contributed by atoms with van der Waals surface area (Å²) >= 11 is 2.19. The van der Waals surface area contributed by atoms with Gasteiger partial charge < -0.3 is 9.84 Å². The van der Waals surface area contributed by atoms with Crippen LogP contribution in [0.15, 0.2) is 24.3 Å². The van der Waals surface area contributed by atoms with E-state index >= 15 is 0 Å². The van der Waals surface area contributed by atoms with E-state index in [1.165, 1.54) is 0 Å². The van der Waals surface area contributed by atoms with Gasteiger partial charge in [0, 0.05) is 3.57 Å². The van der Waals surface area contributed by atoms with Crippen molar-refractivity contribution in [1.82, 2.24) is 0 Å². The zero-order valence-corrected chi connectivity index (χ0v) is 10.6. The Morgan fingerprint density at radius 3 is 2.60 bits per heavy atom. The summed E-state index contributed by atoms with van der Waals surface area (Å²) in [6.45, 7) is 2.09. The zero-order chi connectivity index (χ0) is 11.3. The molecule has 0 heterocycles. The molecule has 0 saturated carbocycles. The number of ether oxygens (including phenoxy) is 1. The van der Waals surface area contributed by atoms with E-state index in [1.54, 1.807) is 6.92 Å². The van der Waals surface area contributed by atoms with Crippen molar-refractivity contribution in [3.63, 3.8) is 0 Å². The van der Waals surface area contributed by atoms with Crippen molar-refractivity contribution in [3.8, 4) is 0 Å². The number of carbonyl (C=O) groups excluding carboxylic acids is 1. The summed E-state index contributed by atoms with van der Waals surface area (Å²) in [5.41, 5.74) is 0.739. The maximum atomic E-state index is 11.1. The Labute approximate surface area is 103 Å². The molecule has 0 amide bonds. The number of aliphatic hydroxyl groups is 1. The molecule has 0 aliphatic heterocycles. The second-order valence-electron chi connectivity index (χ2n) is 3.08. The van der Waals surface area contributed by atoms with Crippen molar-refractivity contribution < 1.29 is 14.6 Å². The van der Waals surface area contributed by atoms with Crippen LogP contribution in [-0.4, -0.2) is 17.7 Å². The van der Waals surface area contributed by atoms with Gasteiger partial charge in [0.15, 0.2) is 0 Å². The van der Waals surface area contributed by atoms with Gasteiger partial charge in [-0.3, -0.25) is 4.79 Å². The molecule has 3 nitrogen and oxygen atoms in total. The standard InChI is InChI=1S/C11H13IO3/c1-2-15-11(14)7-10(13)8-3-5-9(12)6-4-8/h3-6,10,13H,2,7H2,1H3/t10-/m1/s1. The molecular weight excluding hydrogens is 307 g/mol. The molecule has 1 N–H and O–H groups in total. The Kier molecular flexibility index (Phi) is 5.04. The van der Waals surface area contributed by atoms with Crippen molar-refractivity contribution in [3.05, 3.63) is 33.4 Å². The molecule has 4 heteroatoms. The van der Waals surface area contributed by atoms with Gasteiger partial charge in [0.2, 0.25) is 0 Å². The summed E-state index contributed by atoms with van der Waals surface area (Å²) in [6.07, 6.45) is -0.768. The molecule has 0 radical (unpaired) electrons. The minimum Gasteiger partial charge on any atom is -0.466 e. The summed E-state index contributed by atoms with van der Waals surface area (Å²) in [4.78, 5) is 11.1. The number of esters is 1. The minimum absolute atomic E-state index is 0.00837. The predicted molar refractivity (Wildman–Crippen MR) is 65.4 cm³/mol. The van der Waals surface area contributed by atoms with Crippen LogP contribution in [0.4, 0.5) is 0 Å². The molecule has 0 fully saturated rings. The van der Waals surface area contributed by atoms with E-state index < -0.39 is 6.10 Å². The summed E-state index contributed by atoms with van der Waals surface area (Å²) in [5, 5.41) is 9.71. The molecule has 1 rings (SSSR count). The van der Waals surface area contributed by atoms with Crippen LogP contribution in [0.5, 0.6) is 0 Å². The quantitative estimate of drug-likeness (QED) is 0.684. The second-order valence-corrected chi connectivity index (χ2v) is 4.32. The highest BCUT2D eigenvalue weighted by atomic mass is 127. The number of benzene rings is 1. The fraction of sp³-hybridized carbons (Fsp3) is 0.364. The minimum atomic E-state index is -0.777. The maximum Gasteiger partial charge on any atom is 0.308 e. The van der Waals surface area contributed by atoms with Crippen molar-refractivity contribution in [1.29, 1.82) is 0 Å². The van der Waals surface area contributed by atoms with Crippen molar-refractivity contribution in [2.75, 3.05) is 6.61 Å². The summed E-state index contributed by atoms with van der Waals surface area (Å²) in [7, 11) is 0. The van der Waals surface area contributed by atoms with Crippen LogP contribution in [0, 0.1) is 3.57 Å². The number of halogens is 1. The number of rotatable bonds is 4. The Morgan fingerprint density at radius 2 is 2.07 bits per heavy atom. The lowest BCUT2D eigenvalue weighted by molar-refractivity contribution is -0.145. The van der Waals surface area contributed by atoms with Crippen LogP contribution in [0.25, 0.3) is 0 Å². The van der Waals surface area contributed by atoms with E-state index in [4.69, 9.17) is 4.74 Å². The normalized spacial score (nSPS) is 12.2. The monoisotopic (exact) mass is 320 g/mol. The Balaban J connectivity index is 2.57. The zero-order valence-electron chi connectivity index (χ0n) is 8.44. The van der Waals surface area contributed by atoms with E-state index in [2.05, 4.69) is 22.6 Å². The third kappa shape index (κ3) is 4.17. The molecule has 0 aliphatic carbocycles. The number of carbonyl (C=O) groups is 1. The lowest BCUT2D eigenvalue weighted by Crippen LogP contribution is -2.09. The van der Waals surface area contributed by atoms with Crippen molar-refractivity contribution in [2.24, 2.45) is 0 Å². The van der Waals surface area contributed by atoms with Crippen LogP contribution in [-0.2, 0) is 9.53 Å². The third-order valence-electron chi connectivity index (χ3n) is 1.92. The Hall–Kier alpha value is -0.620. The van der Waals surface area contributed by atoms with Crippen molar-refractivity contribution >= 4 is 28.6 Å². The van der Waals surface area contributed by atoms with Gasteiger partial charge in [-0.15, -0.1) is 0 Å². The van der Waals surface area contributed by atoms with Crippen LogP contribution in [0.2, 0.25) is 0 Å². The van der Waals surface area contributed by atoms with E-state index in [-0.39, 0.29) is 12.4 Å². The topological polar surface area (TPSA) is 46.5 Å². The van der Waals surface area contributed by atoms with E-state index in [0.29, 0.717) is 6.61 Å². The molecule has 0 aromatic heterocycles. The van der Waals surface area contributed by atoms with Crippen LogP contribution in [0.3, 0.4) is 0 Å². The molecule has 0 bridgehead atoms. The van der Waals surface area contributed by atoms with Gasteiger partial charge in [-0.1, -0.05) is 12.1 Å². The molecule has 0 unspecified atom stereocenters. The fourth-order valence-electron chi connectivity index (χ4n) is 1.18. The number of aliphatic hydroxyl groups excluding tert-OH is 1. The molecular formula is C11H13IO3. The lowest BCUT2D eigenvalue weighted by Gasteiger charge is -2.09. The summed E-state index contributed by atoms with van der Waals surface area (Å²) in [6, 6.07) is 7.41. The van der Waals surface area contributed by atoms with Gasteiger partial charge in [-0.05, 0) is 47.2 Å². The van der Waals surface area contributed by atoms with Crippen LogP contribution >= 0.6 is 22.6 Å². The molecule has 0 saturated heterocycles. The third-order valence-corrected chi connectivity index (χ3v) is 2.64. The number of hydrogen-bond acceptors (Lipinski definition) is 3.